The number of halogens is 1. The third kappa shape index (κ3) is 5.59. The summed E-state index contributed by atoms with van der Waals surface area (Å²) in [6, 6.07) is 7.56. The van der Waals surface area contributed by atoms with Crippen LogP contribution in [-0.4, -0.2) is 21.9 Å². The number of carbonyl (C=O) groups excluding carboxylic acids is 1. The minimum Gasteiger partial charge on any atom is -0.300 e. The number of anilines is 1. The molecule has 0 fully saturated rings. The van der Waals surface area contributed by atoms with Crippen LogP contribution in [0.2, 0.25) is 5.02 Å². The van der Waals surface area contributed by atoms with Crippen LogP contribution in [0.1, 0.15) is 25.8 Å². The van der Waals surface area contributed by atoms with Crippen molar-refractivity contribution in [2.24, 2.45) is 5.92 Å². The van der Waals surface area contributed by atoms with Crippen molar-refractivity contribution in [2.45, 2.75) is 31.0 Å². The van der Waals surface area contributed by atoms with Gasteiger partial charge in [-0.2, -0.15) is 0 Å². The van der Waals surface area contributed by atoms with Crippen molar-refractivity contribution in [3.8, 4) is 0 Å². The first kappa shape index (κ1) is 17.2. The van der Waals surface area contributed by atoms with E-state index < -0.39 is 0 Å². The van der Waals surface area contributed by atoms with Gasteiger partial charge in [-0.05, 0) is 24.0 Å². The lowest BCUT2D eigenvalue weighted by molar-refractivity contribution is -0.116. The Labute approximate surface area is 143 Å². The van der Waals surface area contributed by atoms with Crippen LogP contribution in [-0.2, 0) is 11.2 Å². The van der Waals surface area contributed by atoms with E-state index in [-0.39, 0.29) is 5.91 Å². The number of carbonyl (C=O) groups is 1. The first-order chi connectivity index (χ1) is 10.5. The summed E-state index contributed by atoms with van der Waals surface area (Å²) in [5, 5.41) is 12.1. The van der Waals surface area contributed by atoms with Gasteiger partial charge in [-0.15, -0.1) is 10.2 Å². The summed E-state index contributed by atoms with van der Waals surface area (Å²) in [5.41, 5.74) is 0.977. The molecule has 118 valence electrons. The molecular weight excluding hydrogens is 338 g/mol. The number of benzene rings is 1. The summed E-state index contributed by atoms with van der Waals surface area (Å²) in [6.07, 6.45) is 0.983. The first-order valence-electron chi connectivity index (χ1n) is 7.04. The van der Waals surface area contributed by atoms with Crippen molar-refractivity contribution >= 4 is 45.7 Å². The van der Waals surface area contributed by atoms with Crippen molar-refractivity contribution in [2.75, 3.05) is 11.1 Å². The Bertz CT molecular complexity index is 631. The van der Waals surface area contributed by atoms with Gasteiger partial charge in [0.05, 0.1) is 0 Å². The molecule has 0 spiro atoms. The van der Waals surface area contributed by atoms with Gasteiger partial charge in [-0.1, -0.05) is 66.7 Å². The van der Waals surface area contributed by atoms with Gasteiger partial charge in [0.1, 0.15) is 0 Å². The Hall–Kier alpha value is -1.11. The summed E-state index contributed by atoms with van der Waals surface area (Å²) in [5.74, 6) is 1.52. The predicted octanol–water partition coefficient (Wildman–Crippen LogP) is 4.51. The van der Waals surface area contributed by atoms with E-state index in [1.54, 1.807) is 11.8 Å². The van der Waals surface area contributed by atoms with Crippen molar-refractivity contribution in [3.05, 3.63) is 34.9 Å². The maximum absolute atomic E-state index is 12.0. The van der Waals surface area contributed by atoms with E-state index in [0.29, 0.717) is 28.9 Å². The van der Waals surface area contributed by atoms with E-state index in [9.17, 15) is 4.79 Å². The van der Waals surface area contributed by atoms with Gasteiger partial charge in [0.25, 0.3) is 0 Å². The molecule has 0 aliphatic heterocycles. The molecule has 0 saturated heterocycles. The fourth-order valence-electron chi connectivity index (χ4n) is 1.69. The molecule has 1 aromatic heterocycles. The fourth-order valence-corrected chi connectivity index (χ4v) is 3.66. The normalized spacial score (nSPS) is 10.9. The molecule has 0 atom stereocenters. The molecule has 0 aliphatic carbocycles. The van der Waals surface area contributed by atoms with Gasteiger partial charge in [0, 0.05) is 17.2 Å². The lowest BCUT2D eigenvalue weighted by Gasteiger charge is -2.03. The van der Waals surface area contributed by atoms with Gasteiger partial charge in [0.2, 0.25) is 11.0 Å². The number of thioether (sulfide) groups is 1. The molecule has 0 unspecified atom stereocenters. The molecule has 0 saturated carbocycles. The van der Waals surface area contributed by atoms with Crippen molar-refractivity contribution < 1.29 is 4.79 Å². The first-order valence-corrected chi connectivity index (χ1v) is 9.22. The van der Waals surface area contributed by atoms with Crippen molar-refractivity contribution in [1.82, 2.24) is 10.2 Å². The van der Waals surface area contributed by atoms with Crippen LogP contribution in [0.4, 0.5) is 5.13 Å². The second-order valence-electron chi connectivity index (χ2n) is 5.22. The second-order valence-corrected chi connectivity index (χ2v) is 7.87. The smallest absolute Gasteiger partial charge is 0.226 e. The van der Waals surface area contributed by atoms with Gasteiger partial charge in [-0.3, -0.25) is 4.79 Å². The van der Waals surface area contributed by atoms with E-state index in [1.807, 2.05) is 24.3 Å². The zero-order valence-electron chi connectivity index (χ0n) is 12.5. The van der Waals surface area contributed by atoms with E-state index >= 15 is 0 Å². The quantitative estimate of drug-likeness (QED) is 0.586. The van der Waals surface area contributed by atoms with Crippen LogP contribution in [0.15, 0.2) is 28.6 Å². The standard InChI is InChI=1S/C15H18ClN3OS2/c1-10(2)9-21-15-19-18-14(22-15)17-13(20)8-7-11-5-3-4-6-12(11)16/h3-6,10H,7-9H2,1-2H3,(H,17,18,20). The molecule has 0 bridgehead atoms. The number of rotatable bonds is 7. The predicted molar refractivity (Wildman–Crippen MR) is 93.9 cm³/mol. The Morgan fingerprint density at radius 1 is 1.36 bits per heavy atom. The minimum atomic E-state index is -0.0727. The number of nitrogens with zero attached hydrogens (tertiary/aromatic N) is 2. The monoisotopic (exact) mass is 355 g/mol. The molecule has 1 N–H and O–H groups in total. The molecular formula is C15H18ClN3OS2. The van der Waals surface area contributed by atoms with Crippen LogP contribution in [0.25, 0.3) is 0 Å². The Balaban J connectivity index is 1.81. The van der Waals surface area contributed by atoms with Gasteiger partial charge >= 0.3 is 0 Å². The SMILES string of the molecule is CC(C)CSc1nnc(NC(=O)CCc2ccccc2Cl)s1. The highest BCUT2D eigenvalue weighted by Gasteiger charge is 2.10. The lowest BCUT2D eigenvalue weighted by Crippen LogP contribution is -2.12. The van der Waals surface area contributed by atoms with Gasteiger partial charge < -0.3 is 5.32 Å². The van der Waals surface area contributed by atoms with Crippen LogP contribution in [0.5, 0.6) is 0 Å². The Morgan fingerprint density at radius 2 is 2.14 bits per heavy atom. The topological polar surface area (TPSA) is 54.9 Å². The second kappa shape index (κ2) is 8.50. The molecule has 22 heavy (non-hydrogen) atoms. The maximum atomic E-state index is 12.0. The number of nitrogens with one attached hydrogen (secondary N) is 1. The third-order valence-electron chi connectivity index (χ3n) is 2.77. The highest BCUT2D eigenvalue weighted by atomic mass is 35.5. The van der Waals surface area contributed by atoms with Crippen molar-refractivity contribution in [3.63, 3.8) is 0 Å². The summed E-state index contributed by atoms with van der Waals surface area (Å²) in [4.78, 5) is 12.0. The number of amides is 1. The van der Waals surface area contributed by atoms with Crippen molar-refractivity contribution in [1.29, 1.82) is 0 Å². The maximum Gasteiger partial charge on any atom is 0.226 e. The Kier molecular flexibility index (Phi) is 6.67. The summed E-state index contributed by atoms with van der Waals surface area (Å²) < 4.78 is 0.884. The summed E-state index contributed by atoms with van der Waals surface area (Å²) >= 11 is 9.15. The molecule has 1 heterocycles. The highest BCUT2D eigenvalue weighted by Crippen LogP contribution is 2.27. The molecule has 0 radical (unpaired) electrons. The molecule has 1 aromatic carbocycles. The molecule has 7 heteroatoms. The molecule has 2 aromatic rings. The van der Waals surface area contributed by atoms with E-state index in [1.165, 1.54) is 11.3 Å². The lowest BCUT2D eigenvalue weighted by atomic mass is 10.1. The zero-order chi connectivity index (χ0) is 15.9. The van der Waals surface area contributed by atoms with Crippen LogP contribution < -0.4 is 5.32 Å². The molecule has 0 aliphatic rings. The molecule has 2 rings (SSSR count). The van der Waals surface area contributed by atoms with Crippen LogP contribution in [0, 0.1) is 5.92 Å². The number of hydrogen-bond acceptors (Lipinski definition) is 5. The number of hydrogen-bond donors (Lipinski definition) is 1. The largest absolute Gasteiger partial charge is 0.300 e. The fraction of sp³-hybridized carbons (Fsp3) is 0.400. The number of aryl methyl sites for hydroxylation is 1. The number of aromatic nitrogens is 2. The third-order valence-corrected chi connectivity index (χ3v) is 5.54. The van der Waals surface area contributed by atoms with E-state index in [2.05, 4.69) is 29.4 Å². The van der Waals surface area contributed by atoms with E-state index in [4.69, 9.17) is 11.6 Å². The highest BCUT2D eigenvalue weighted by molar-refractivity contribution is 8.01. The average molecular weight is 356 g/mol. The summed E-state index contributed by atoms with van der Waals surface area (Å²) in [7, 11) is 0. The zero-order valence-corrected chi connectivity index (χ0v) is 14.9. The van der Waals surface area contributed by atoms with Crippen LogP contribution in [0.3, 0.4) is 0 Å². The molecule has 4 nitrogen and oxygen atoms in total. The average Bonchev–Trinajstić information content (AvgIpc) is 2.92. The van der Waals surface area contributed by atoms with Crippen LogP contribution >= 0.6 is 34.7 Å². The van der Waals surface area contributed by atoms with Gasteiger partial charge in [0.15, 0.2) is 4.34 Å². The molecule has 1 amide bonds. The summed E-state index contributed by atoms with van der Waals surface area (Å²) in [6.45, 7) is 4.32. The van der Waals surface area contributed by atoms with Gasteiger partial charge in [-0.25, -0.2) is 0 Å². The minimum absolute atomic E-state index is 0.0727. The Morgan fingerprint density at radius 3 is 2.86 bits per heavy atom. The van der Waals surface area contributed by atoms with E-state index in [0.717, 1.165) is 15.7 Å².